The van der Waals surface area contributed by atoms with Gasteiger partial charge in [-0.05, 0) is 48.5 Å². The Morgan fingerprint density at radius 3 is 1.30 bits per heavy atom. The van der Waals surface area contributed by atoms with Crippen molar-refractivity contribution in [3.05, 3.63) is 194 Å². The third-order valence-corrected chi connectivity index (χ3v) is 11.3. The predicted octanol–water partition coefficient (Wildman–Crippen LogP) is 12.5. The van der Waals surface area contributed by atoms with Gasteiger partial charge in [0.2, 0.25) is 5.95 Å². The van der Waals surface area contributed by atoms with E-state index in [9.17, 15) is 0 Å². The molecule has 0 aliphatic heterocycles. The molecule has 6 nitrogen and oxygen atoms in total. The highest BCUT2D eigenvalue weighted by atomic mass is 15.2. The molecule has 0 spiro atoms. The summed E-state index contributed by atoms with van der Waals surface area (Å²) in [5, 5.41) is 7.04. The molecule has 0 amide bonds. The van der Waals surface area contributed by atoms with Gasteiger partial charge in [-0.2, -0.15) is 9.97 Å². The van der Waals surface area contributed by atoms with Gasteiger partial charge in [0.25, 0.3) is 0 Å². The monoisotopic (exact) mass is 728 g/mol. The molecular formula is C51H32N6. The Morgan fingerprint density at radius 1 is 0.281 bits per heavy atom. The molecule has 0 bridgehead atoms. The van der Waals surface area contributed by atoms with Gasteiger partial charge in [-0.1, -0.05) is 146 Å². The molecule has 8 aromatic carbocycles. The van der Waals surface area contributed by atoms with Gasteiger partial charge in [0.1, 0.15) is 0 Å². The molecule has 266 valence electrons. The molecule has 4 heterocycles. The van der Waals surface area contributed by atoms with Crippen molar-refractivity contribution in [3.63, 3.8) is 0 Å². The maximum atomic E-state index is 5.32. The van der Waals surface area contributed by atoms with E-state index in [4.69, 9.17) is 15.0 Å². The van der Waals surface area contributed by atoms with Crippen molar-refractivity contribution in [1.82, 2.24) is 28.7 Å². The third-order valence-electron chi connectivity index (χ3n) is 11.3. The maximum Gasteiger partial charge on any atom is 0.238 e. The van der Waals surface area contributed by atoms with Gasteiger partial charge in [-0.25, -0.2) is 4.98 Å². The lowest BCUT2D eigenvalue weighted by molar-refractivity contribution is 0.953. The van der Waals surface area contributed by atoms with Crippen LogP contribution in [0.25, 0.3) is 106 Å². The summed E-state index contributed by atoms with van der Waals surface area (Å²) in [6.07, 6.45) is 0. The van der Waals surface area contributed by atoms with Crippen LogP contribution in [0.15, 0.2) is 194 Å². The van der Waals surface area contributed by atoms with E-state index in [1.807, 2.05) is 36.4 Å². The molecule has 0 saturated carbocycles. The lowest BCUT2D eigenvalue weighted by atomic mass is 10.1. The average Bonchev–Trinajstić information content (AvgIpc) is 3.93. The van der Waals surface area contributed by atoms with E-state index in [2.05, 4.69) is 171 Å². The largest absolute Gasteiger partial charge is 0.309 e. The second-order valence-corrected chi connectivity index (χ2v) is 14.5. The number of para-hydroxylation sites is 4. The maximum absolute atomic E-state index is 5.32. The fourth-order valence-electron chi connectivity index (χ4n) is 8.83. The Balaban J connectivity index is 1.25. The Labute approximate surface area is 327 Å². The molecule has 12 rings (SSSR count). The molecule has 0 unspecified atom stereocenters. The number of hydrogen-bond acceptors (Lipinski definition) is 3. The highest BCUT2D eigenvalue weighted by Gasteiger charge is 2.24. The first kappa shape index (κ1) is 31.5. The normalized spacial score (nSPS) is 11.9. The first-order valence-corrected chi connectivity index (χ1v) is 19.2. The number of rotatable bonds is 5. The van der Waals surface area contributed by atoms with Crippen LogP contribution >= 0.6 is 0 Å². The molecule has 0 aliphatic carbocycles. The number of hydrogen-bond donors (Lipinski definition) is 0. The quantitative estimate of drug-likeness (QED) is 0.177. The van der Waals surface area contributed by atoms with Crippen molar-refractivity contribution in [2.24, 2.45) is 0 Å². The fourth-order valence-corrected chi connectivity index (χ4v) is 8.83. The third kappa shape index (κ3) is 4.74. The van der Waals surface area contributed by atoms with Gasteiger partial charge in [0, 0.05) is 54.8 Å². The topological polar surface area (TPSA) is 53.5 Å². The van der Waals surface area contributed by atoms with Crippen molar-refractivity contribution in [2.75, 3.05) is 0 Å². The zero-order valence-corrected chi connectivity index (χ0v) is 30.7. The summed E-state index contributed by atoms with van der Waals surface area (Å²) < 4.78 is 7.05. The van der Waals surface area contributed by atoms with Crippen LogP contribution < -0.4 is 0 Å². The summed E-state index contributed by atoms with van der Waals surface area (Å²) in [5.41, 5.74) is 10.7. The average molecular weight is 729 g/mol. The van der Waals surface area contributed by atoms with Gasteiger partial charge in [0.15, 0.2) is 11.6 Å². The van der Waals surface area contributed by atoms with Crippen molar-refractivity contribution in [1.29, 1.82) is 0 Å². The van der Waals surface area contributed by atoms with Crippen LogP contribution in [0.3, 0.4) is 0 Å². The Bertz CT molecular complexity index is 3390. The van der Waals surface area contributed by atoms with Crippen molar-refractivity contribution >= 4 is 65.4 Å². The summed E-state index contributed by atoms with van der Waals surface area (Å²) in [4.78, 5) is 15.7. The number of benzene rings is 8. The highest BCUT2D eigenvalue weighted by molar-refractivity contribution is 6.24. The summed E-state index contributed by atoms with van der Waals surface area (Å²) in [6.45, 7) is 0. The molecule has 6 heteroatoms. The molecule has 0 radical (unpaired) electrons. The Morgan fingerprint density at radius 2 is 0.719 bits per heavy atom. The zero-order chi connectivity index (χ0) is 37.5. The summed E-state index contributed by atoms with van der Waals surface area (Å²) in [6, 6.07) is 68.4. The summed E-state index contributed by atoms with van der Waals surface area (Å²) >= 11 is 0. The van der Waals surface area contributed by atoms with Crippen LogP contribution in [0.2, 0.25) is 0 Å². The Hall–Kier alpha value is -7.83. The molecule has 4 aromatic heterocycles. The van der Waals surface area contributed by atoms with Crippen LogP contribution in [-0.2, 0) is 0 Å². The standard InChI is InChI=1S/C51H32N6/c1-4-16-33(17-5-1)49-52-50(34-18-6-2-7-19-34)54-51(53-49)57-46-31-28-36(55-43-25-13-10-22-37(43)38-23-11-14-26-44(38)55)32-42(46)41-30-29-40-39-24-12-15-27-45(39)56(47(40)48(41)57)35-20-8-3-9-21-35/h1-32H. The SMILES string of the molecule is c1ccc(-c2nc(-c3ccccc3)nc(-n3c4ccc(-n5c6ccccc6c6ccccc65)cc4c4ccc5c6ccccc6n(-c6ccccc6)c5c43)n2)cc1. The van der Waals surface area contributed by atoms with E-state index < -0.39 is 0 Å². The van der Waals surface area contributed by atoms with Crippen LogP contribution in [0.4, 0.5) is 0 Å². The van der Waals surface area contributed by atoms with Crippen molar-refractivity contribution in [3.8, 4) is 40.1 Å². The fraction of sp³-hybridized carbons (Fsp3) is 0. The van der Waals surface area contributed by atoms with Crippen LogP contribution in [0, 0.1) is 0 Å². The summed E-state index contributed by atoms with van der Waals surface area (Å²) in [5.74, 6) is 1.80. The number of nitrogens with zero attached hydrogens (tertiary/aromatic N) is 6. The molecule has 0 aliphatic rings. The number of aromatic nitrogens is 6. The highest BCUT2D eigenvalue weighted by Crippen LogP contribution is 2.43. The van der Waals surface area contributed by atoms with Crippen LogP contribution in [0.5, 0.6) is 0 Å². The minimum atomic E-state index is 0.560. The second-order valence-electron chi connectivity index (χ2n) is 14.5. The van der Waals surface area contributed by atoms with E-state index in [1.54, 1.807) is 0 Å². The minimum absolute atomic E-state index is 0.560. The van der Waals surface area contributed by atoms with E-state index >= 15 is 0 Å². The zero-order valence-electron chi connectivity index (χ0n) is 30.7. The number of fused-ring (bicyclic) bond motifs is 10. The molecule has 0 N–H and O–H groups in total. The van der Waals surface area contributed by atoms with Gasteiger partial charge in [-0.15, -0.1) is 0 Å². The molecular weight excluding hydrogens is 697 g/mol. The predicted molar refractivity (Wildman–Crippen MR) is 234 cm³/mol. The van der Waals surface area contributed by atoms with Gasteiger partial charge < -0.3 is 9.13 Å². The smallest absolute Gasteiger partial charge is 0.238 e. The van der Waals surface area contributed by atoms with Gasteiger partial charge >= 0.3 is 0 Å². The molecule has 57 heavy (non-hydrogen) atoms. The lowest BCUT2D eigenvalue weighted by Gasteiger charge is -2.13. The van der Waals surface area contributed by atoms with Crippen LogP contribution in [0.1, 0.15) is 0 Å². The van der Waals surface area contributed by atoms with E-state index in [0.717, 1.165) is 60.7 Å². The minimum Gasteiger partial charge on any atom is -0.309 e. The molecule has 0 atom stereocenters. The van der Waals surface area contributed by atoms with Gasteiger partial charge in [0.05, 0.1) is 33.1 Å². The van der Waals surface area contributed by atoms with Gasteiger partial charge in [-0.3, -0.25) is 4.57 Å². The molecule has 0 saturated heterocycles. The van der Waals surface area contributed by atoms with E-state index in [0.29, 0.717) is 17.6 Å². The molecule has 12 aromatic rings. The van der Waals surface area contributed by atoms with E-state index in [-0.39, 0.29) is 0 Å². The first-order chi connectivity index (χ1) is 28.3. The van der Waals surface area contributed by atoms with Crippen molar-refractivity contribution in [2.45, 2.75) is 0 Å². The van der Waals surface area contributed by atoms with E-state index in [1.165, 1.54) is 27.2 Å². The lowest BCUT2D eigenvalue weighted by Crippen LogP contribution is -2.07. The summed E-state index contributed by atoms with van der Waals surface area (Å²) in [7, 11) is 0. The van der Waals surface area contributed by atoms with Crippen molar-refractivity contribution < 1.29 is 0 Å². The Kier molecular flexibility index (Phi) is 6.83. The second kappa shape index (κ2) is 12.3. The molecule has 0 fully saturated rings. The van der Waals surface area contributed by atoms with Crippen LogP contribution in [-0.4, -0.2) is 28.7 Å². The first-order valence-electron chi connectivity index (χ1n) is 19.2.